The minimum Gasteiger partial charge on any atom is -0.321 e. The van der Waals surface area contributed by atoms with E-state index in [1.807, 2.05) is 13.8 Å². The molecule has 6 nitrogen and oxygen atoms in total. The highest BCUT2D eigenvalue weighted by Crippen LogP contribution is 2.26. The first-order valence-corrected chi connectivity index (χ1v) is 9.70. The van der Waals surface area contributed by atoms with Gasteiger partial charge in [-0.25, -0.2) is 17.7 Å². The molecule has 0 spiro atoms. The lowest BCUT2D eigenvalue weighted by molar-refractivity contribution is 0.102. The number of aromatic nitrogens is 1. The molecule has 0 aliphatic carbocycles. The van der Waals surface area contributed by atoms with E-state index in [0.717, 1.165) is 9.31 Å². The van der Waals surface area contributed by atoms with E-state index in [2.05, 4.69) is 10.3 Å². The van der Waals surface area contributed by atoms with Crippen molar-refractivity contribution in [3.63, 3.8) is 0 Å². The number of nitrogens with zero attached hydrogens (tertiary/aromatic N) is 2. The lowest BCUT2D eigenvalue weighted by atomic mass is 10.2. The zero-order chi connectivity index (χ0) is 18.1. The molecule has 1 aromatic carbocycles. The third kappa shape index (κ3) is 3.82. The fourth-order valence-corrected chi connectivity index (χ4v) is 3.92. The van der Waals surface area contributed by atoms with Crippen molar-refractivity contribution < 1.29 is 13.2 Å². The molecule has 0 aliphatic rings. The van der Waals surface area contributed by atoms with E-state index in [9.17, 15) is 13.2 Å². The number of hydrogen-bond donors (Lipinski definition) is 1. The Balaban J connectivity index is 2.27. The summed E-state index contributed by atoms with van der Waals surface area (Å²) in [6.07, 6.45) is 0. The van der Waals surface area contributed by atoms with Gasteiger partial charge in [0, 0.05) is 25.7 Å². The minimum absolute atomic E-state index is 0.134. The number of benzene rings is 1. The first-order chi connectivity index (χ1) is 11.1. The summed E-state index contributed by atoms with van der Waals surface area (Å²) in [5.41, 5.74) is 1.11. The molecule has 0 atom stereocenters. The average molecular weight is 367 g/mol. The molecule has 2 rings (SSSR count). The Bertz CT molecular complexity index is 855. The van der Waals surface area contributed by atoms with Gasteiger partial charge < -0.3 is 5.32 Å². The van der Waals surface area contributed by atoms with Crippen molar-refractivity contribution in [3.8, 4) is 0 Å². The lowest BCUT2D eigenvalue weighted by Gasteiger charge is -2.12. The Labute approximate surface area is 146 Å². The molecule has 0 bridgehead atoms. The summed E-state index contributed by atoms with van der Waals surface area (Å²) < 4.78 is 25.5. The highest BCUT2D eigenvalue weighted by molar-refractivity contribution is 7.89. The summed E-state index contributed by atoms with van der Waals surface area (Å²) in [6.45, 7) is 5.84. The molecule has 2 aromatic rings. The first kappa shape index (κ1) is 18.6. The largest absolute Gasteiger partial charge is 0.321 e. The van der Waals surface area contributed by atoms with Gasteiger partial charge in [-0.15, -0.1) is 11.3 Å². The number of rotatable bonds is 5. The molecule has 0 aliphatic heterocycles. The molecule has 0 saturated carbocycles. The normalized spacial score (nSPS) is 12.0. The summed E-state index contributed by atoms with van der Waals surface area (Å²) in [4.78, 5) is 17.5. The van der Waals surface area contributed by atoms with Crippen molar-refractivity contribution >= 4 is 33.0 Å². The summed E-state index contributed by atoms with van der Waals surface area (Å²) in [7, 11) is -0.609. The van der Waals surface area contributed by atoms with Crippen LogP contribution < -0.4 is 5.32 Å². The lowest BCUT2D eigenvalue weighted by Crippen LogP contribution is -2.22. The van der Waals surface area contributed by atoms with Crippen LogP contribution in [0, 0.1) is 6.92 Å². The van der Waals surface area contributed by atoms with E-state index in [-0.39, 0.29) is 16.7 Å². The fraction of sp³-hybridized carbons (Fsp3) is 0.375. The number of amides is 1. The fourth-order valence-electron chi connectivity index (χ4n) is 2.01. The topological polar surface area (TPSA) is 79.4 Å². The molecular weight excluding hydrogens is 346 g/mol. The van der Waals surface area contributed by atoms with Gasteiger partial charge in [0.2, 0.25) is 10.0 Å². The Morgan fingerprint density at radius 1 is 1.29 bits per heavy atom. The maximum Gasteiger partial charge on any atom is 0.267 e. The number of nitrogens with one attached hydrogen (secondary N) is 1. The second-order valence-electron chi connectivity index (χ2n) is 5.89. The summed E-state index contributed by atoms with van der Waals surface area (Å²) in [6, 6.07) is 6.21. The number of hydrogen-bond acceptors (Lipinski definition) is 5. The van der Waals surface area contributed by atoms with Crippen LogP contribution in [0.5, 0.6) is 0 Å². The van der Waals surface area contributed by atoms with E-state index in [0.29, 0.717) is 16.3 Å². The third-order valence-electron chi connectivity index (χ3n) is 3.38. The van der Waals surface area contributed by atoms with Gasteiger partial charge in [-0.05, 0) is 25.1 Å². The van der Waals surface area contributed by atoms with Crippen molar-refractivity contribution in [2.24, 2.45) is 0 Å². The molecule has 0 unspecified atom stereocenters. The van der Waals surface area contributed by atoms with Crippen LogP contribution in [0.2, 0.25) is 0 Å². The molecule has 1 heterocycles. The van der Waals surface area contributed by atoms with Crippen LogP contribution in [0.15, 0.2) is 29.2 Å². The molecule has 1 N–H and O–H groups in total. The first-order valence-electron chi connectivity index (χ1n) is 7.44. The van der Waals surface area contributed by atoms with Crippen molar-refractivity contribution in [1.29, 1.82) is 0 Å². The SMILES string of the molecule is Cc1nc(C(C)C)sc1C(=O)Nc1cccc(S(=O)(=O)N(C)C)c1. The zero-order valence-corrected chi connectivity index (χ0v) is 16.0. The van der Waals surface area contributed by atoms with Crippen LogP contribution in [0.25, 0.3) is 0 Å². The van der Waals surface area contributed by atoms with E-state index >= 15 is 0 Å². The van der Waals surface area contributed by atoms with Gasteiger partial charge in [0.25, 0.3) is 5.91 Å². The average Bonchev–Trinajstić information content (AvgIpc) is 2.89. The van der Waals surface area contributed by atoms with Crippen molar-refractivity contribution in [1.82, 2.24) is 9.29 Å². The highest BCUT2D eigenvalue weighted by Gasteiger charge is 2.20. The van der Waals surface area contributed by atoms with Gasteiger partial charge in [0.1, 0.15) is 4.88 Å². The van der Waals surface area contributed by atoms with Crippen molar-refractivity contribution in [2.75, 3.05) is 19.4 Å². The second kappa shape index (κ2) is 7.00. The molecule has 8 heteroatoms. The maximum absolute atomic E-state index is 12.5. The minimum atomic E-state index is -3.54. The molecule has 0 fully saturated rings. The molecule has 130 valence electrons. The molecule has 0 radical (unpaired) electrons. The molecule has 1 aromatic heterocycles. The van der Waals surface area contributed by atoms with E-state index < -0.39 is 10.0 Å². The standard InChI is InChI=1S/C16H21N3O3S2/c1-10(2)16-17-11(3)14(23-16)15(20)18-12-7-6-8-13(9-12)24(21,22)19(4)5/h6-10H,1-5H3,(H,18,20). The molecule has 24 heavy (non-hydrogen) atoms. The highest BCUT2D eigenvalue weighted by atomic mass is 32.2. The molecule has 1 amide bonds. The predicted octanol–water partition coefficient (Wildman–Crippen LogP) is 3.08. The number of carbonyl (C=O) groups is 1. The number of anilines is 1. The van der Waals surface area contributed by atoms with E-state index in [4.69, 9.17) is 0 Å². The molecule has 0 saturated heterocycles. The summed E-state index contributed by atoms with van der Waals surface area (Å²) in [5, 5.41) is 3.66. The number of sulfonamides is 1. The van der Waals surface area contributed by atoms with Crippen LogP contribution in [-0.4, -0.2) is 37.7 Å². The second-order valence-corrected chi connectivity index (χ2v) is 9.07. The number of aryl methyl sites for hydroxylation is 1. The van der Waals surface area contributed by atoms with Gasteiger partial charge in [-0.2, -0.15) is 0 Å². The predicted molar refractivity (Wildman–Crippen MR) is 96.2 cm³/mol. The quantitative estimate of drug-likeness (QED) is 0.881. The van der Waals surface area contributed by atoms with Gasteiger partial charge in [0.05, 0.1) is 15.6 Å². The van der Waals surface area contributed by atoms with E-state index in [1.165, 1.54) is 37.6 Å². The third-order valence-corrected chi connectivity index (χ3v) is 6.65. The molecular formula is C16H21N3O3S2. The Hall–Kier alpha value is -1.77. The van der Waals surface area contributed by atoms with Crippen LogP contribution in [-0.2, 0) is 10.0 Å². The van der Waals surface area contributed by atoms with Crippen LogP contribution >= 0.6 is 11.3 Å². The Kier molecular flexibility index (Phi) is 5.42. The summed E-state index contributed by atoms with van der Waals surface area (Å²) in [5.74, 6) is -0.0277. The smallest absolute Gasteiger partial charge is 0.267 e. The number of carbonyl (C=O) groups excluding carboxylic acids is 1. The van der Waals surface area contributed by atoms with Crippen LogP contribution in [0.1, 0.15) is 40.1 Å². The van der Waals surface area contributed by atoms with Crippen molar-refractivity contribution in [2.45, 2.75) is 31.6 Å². The van der Waals surface area contributed by atoms with Crippen molar-refractivity contribution in [3.05, 3.63) is 39.8 Å². The van der Waals surface area contributed by atoms with Gasteiger partial charge in [0.15, 0.2) is 0 Å². The zero-order valence-electron chi connectivity index (χ0n) is 14.3. The monoisotopic (exact) mass is 367 g/mol. The van der Waals surface area contributed by atoms with Gasteiger partial charge in [-0.3, -0.25) is 4.79 Å². The van der Waals surface area contributed by atoms with Crippen LogP contribution in [0.4, 0.5) is 5.69 Å². The summed E-state index contributed by atoms with van der Waals surface area (Å²) >= 11 is 1.36. The van der Waals surface area contributed by atoms with Crippen LogP contribution in [0.3, 0.4) is 0 Å². The van der Waals surface area contributed by atoms with E-state index in [1.54, 1.807) is 19.1 Å². The van der Waals surface area contributed by atoms with Gasteiger partial charge >= 0.3 is 0 Å². The van der Waals surface area contributed by atoms with Gasteiger partial charge in [-0.1, -0.05) is 19.9 Å². The Morgan fingerprint density at radius 2 is 1.96 bits per heavy atom. The number of thiazole rings is 1. The Morgan fingerprint density at radius 3 is 2.50 bits per heavy atom. The maximum atomic E-state index is 12.5.